The van der Waals surface area contributed by atoms with Crippen molar-refractivity contribution in [3.63, 3.8) is 0 Å². The third-order valence-electron chi connectivity index (χ3n) is 6.60. The molecule has 0 spiro atoms. The van der Waals surface area contributed by atoms with E-state index in [2.05, 4.69) is 17.1 Å². The number of likely N-dealkylation sites (N-methyl/N-ethyl adjacent to an activating group) is 1. The molecule has 0 radical (unpaired) electrons. The van der Waals surface area contributed by atoms with Crippen LogP contribution in [0.3, 0.4) is 0 Å². The number of carbonyl (C=O) groups is 1. The van der Waals surface area contributed by atoms with Gasteiger partial charge in [-0.2, -0.15) is 4.31 Å². The van der Waals surface area contributed by atoms with Crippen molar-refractivity contribution < 1.29 is 13.2 Å². The molecule has 162 valence electrons. The van der Waals surface area contributed by atoms with Gasteiger partial charge < -0.3 is 5.32 Å². The van der Waals surface area contributed by atoms with Crippen LogP contribution in [0.5, 0.6) is 0 Å². The lowest BCUT2D eigenvalue weighted by atomic mass is 9.97. The van der Waals surface area contributed by atoms with E-state index in [9.17, 15) is 13.2 Å². The summed E-state index contributed by atoms with van der Waals surface area (Å²) >= 11 is 0. The van der Waals surface area contributed by atoms with Crippen LogP contribution in [0.15, 0.2) is 47.4 Å². The van der Waals surface area contributed by atoms with Crippen LogP contribution in [0.4, 0.5) is 0 Å². The van der Waals surface area contributed by atoms with Crippen LogP contribution in [0, 0.1) is 5.92 Å². The van der Waals surface area contributed by atoms with Gasteiger partial charge in [-0.25, -0.2) is 8.42 Å². The maximum atomic E-state index is 13.1. The molecule has 0 unspecified atom stereocenters. The summed E-state index contributed by atoms with van der Waals surface area (Å²) in [7, 11) is -3.54. The summed E-state index contributed by atoms with van der Waals surface area (Å²) in [5.41, 5.74) is 0. The van der Waals surface area contributed by atoms with E-state index < -0.39 is 10.0 Å². The Morgan fingerprint density at radius 1 is 1.03 bits per heavy atom. The van der Waals surface area contributed by atoms with Crippen molar-refractivity contribution in [2.24, 2.45) is 5.92 Å². The van der Waals surface area contributed by atoms with E-state index in [1.54, 1.807) is 12.1 Å². The lowest BCUT2D eigenvalue weighted by Gasteiger charge is -2.31. The highest BCUT2D eigenvalue weighted by Gasteiger charge is 2.32. The van der Waals surface area contributed by atoms with E-state index in [0.29, 0.717) is 43.4 Å². The van der Waals surface area contributed by atoms with E-state index in [4.69, 9.17) is 0 Å². The number of carbonyl (C=O) groups excluding carboxylic acids is 1. The Labute approximate surface area is 179 Å². The quantitative estimate of drug-likeness (QED) is 0.767. The Balaban J connectivity index is 1.34. The first-order valence-corrected chi connectivity index (χ1v) is 12.4. The normalized spacial score (nSPS) is 21.8. The standard InChI is InChI=1S/C23H31N3O3S/c1-2-25-13-5-8-21(25)17-24-23(27)19-11-14-26(15-12-19)30(28,29)22-10-9-18-6-3-4-7-20(18)16-22/h3-4,6-7,9-10,16,19,21H,2,5,8,11-15,17H2,1H3,(H,24,27)/t21-/m1/s1. The van der Waals surface area contributed by atoms with Gasteiger partial charge in [0.2, 0.25) is 15.9 Å². The fourth-order valence-corrected chi connectivity index (χ4v) is 6.25. The molecule has 1 N–H and O–H groups in total. The SMILES string of the molecule is CCN1CCC[C@@H]1CNC(=O)C1CCN(S(=O)(=O)c2ccc3ccccc3c2)CC1. The molecule has 2 saturated heterocycles. The molecule has 0 saturated carbocycles. The fourth-order valence-electron chi connectivity index (χ4n) is 4.74. The molecule has 0 aromatic heterocycles. The smallest absolute Gasteiger partial charge is 0.243 e. The van der Waals surface area contributed by atoms with Gasteiger partial charge in [0.25, 0.3) is 0 Å². The molecule has 2 aliphatic heterocycles. The number of nitrogens with one attached hydrogen (secondary N) is 1. The maximum Gasteiger partial charge on any atom is 0.243 e. The number of sulfonamides is 1. The van der Waals surface area contributed by atoms with Crippen LogP contribution in [0.1, 0.15) is 32.6 Å². The predicted molar refractivity (Wildman–Crippen MR) is 119 cm³/mol. The van der Waals surface area contributed by atoms with Crippen molar-refractivity contribution in [2.45, 2.75) is 43.5 Å². The molecule has 0 aliphatic carbocycles. The molecule has 2 heterocycles. The molecule has 2 aromatic rings. The minimum absolute atomic E-state index is 0.0701. The van der Waals surface area contributed by atoms with Crippen molar-refractivity contribution in [3.8, 4) is 0 Å². The molecule has 2 aliphatic rings. The number of nitrogens with zero attached hydrogens (tertiary/aromatic N) is 2. The molecule has 4 rings (SSSR count). The van der Waals surface area contributed by atoms with Gasteiger partial charge in [0.1, 0.15) is 0 Å². The molecule has 0 bridgehead atoms. The van der Waals surface area contributed by atoms with Gasteiger partial charge in [0, 0.05) is 31.6 Å². The molecule has 1 atom stereocenters. The highest BCUT2D eigenvalue weighted by Crippen LogP contribution is 2.26. The van der Waals surface area contributed by atoms with Gasteiger partial charge in [-0.05, 0) is 61.7 Å². The molecule has 1 amide bonds. The van der Waals surface area contributed by atoms with Crippen LogP contribution in [0.2, 0.25) is 0 Å². The summed E-state index contributed by atoms with van der Waals surface area (Å²) in [5, 5.41) is 5.06. The van der Waals surface area contributed by atoms with Gasteiger partial charge >= 0.3 is 0 Å². The molecule has 7 heteroatoms. The summed E-state index contributed by atoms with van der Waals surface area (Å²) in [5.74, 6) is -0.0368. The number of fused-ring (bicyclic) bond motifs is 1. The minimum Gasteiger partial charge on any atom is -0.354 e. The average Bonchev–Trinajstić information content (AvgIpc) is 3.25. The van der Waals surface area contributed by atoms with Crippen molar-refractivity contribution in [2.75, 3.05) is 32.7 Å². The van der Waals surface area contributed by atoms with Gasteiger partial charge in [0.05, 0.1) is 4.90 Å². The van der Waals surface area contributed by atoms with E-state index in [-0.39, 0.29) is 11.8 Å². The van der Waals surface area contributed by atoms with E-state index in [1.165, 1.54) is 10.7 Å². The monoisotopic (exact) mass is 429 g/mol. The Bertz CT molecular complexity index is 1000. The zero-order valence-electron chi connectivity index (χ0n) is 17.6. The van der Waals surface area contributed by atoms with Crippen molar-refractivity contribution in [1.29, 1.82) is 0 Å². The number of rotatable bonds is 6. The van der Waals surface area contributed by atoms with E-state index in [0.717, 1.165) is 30.3 Å². The molecule has 2 aromatic carbocycles. The molecule has 2 fully saturated rings. The number of hydrogen-bond donors (Lipinski definition) is 1. The zero-order valence-corrected chi connectivity index (χ0v) is 18.4. The summed E-state index contributed by atoms with van der Waals surface area (Å²) < 4.78 is 27.7. The zero-order chi connectivity index (χ0) is 21.1. The minimum atomic E-state index is -3.54. The van der Waals surface area contributed by atoms with Crippen molar-refractivity contribution in [3.05, 3.63) is 42.5 Å². The fraction of sp³-hybridized carbons (Fsp3) is 0.522. The number of amides is 1. The van der Waals surface area contributed by atoms with E-state index >= 15 is 0 Å². The van der Waals surface area contributed by atoms with Gasteiger partial charge in [0.15, 0.2) is 0 Å². The Hall–Kier alpha value is -1.96. The number of likely N-dealkylation sites (tertiary alicyclic amines) is 1. The first-order chi connectivity index (χ1) is 14.5. The second-order valence-corrected chi connectivity index (χ2v) is 10.3. The number of piperidine rings is 1. The lowest BCUT2D eigenvalue weighted by molar-refractivity contribution is -0.126. The van der Waals surface area contributed by atoms with E-state index in [1.807, 2.05) is 30.3 Å². The van der Waals surface area contributed by atoms with Crippen LogP contribution in [0.25, 0.3) is 10.8 Å². The third-order valence-corrected chi connectivity index (χ3v) is 8.50. The van der Waals surface area contributed by atoms with Crippen molar-refractivity contribution >= 4 is 26.7 Å². The maximum absolute atomic E-state index is 13.1. The first kappa shape index (κ1) is 21.3. The predicted octanol–water partition coefficient (Wildman–Crippen LogP) is 2.84. The van der Waals surface area contributed by atoms with Gasteiger partial charge in [-0.15, -0.1) is 0 Å². The molecular formula is C23H31N3O3S. The largest absolute Gasteiger partial charge is 0.354 e. The Morgan fingerprint density at radius 3 is 2.50 bits per heavy atom. The summed E-state index contributed by atoms with van der Waals surface area (Å²) in [6.45, 7) is 5.76. The van der Waals surface area contributed by atoms with Crippen LogP contribution in [-0.4, -0.2) is 62.3 Å². The molecule has 6 nitrogen and oxygen atoms in total. The van der Waals surface area contributed by atoms with Gasteiger partial charge in [-0.1, -0.05) is 37.3 Å². The highest BCUT2D eigenvalue weighted by atomic mass is 32.2. The number of hydrogen-bond acceptors (Lipinski definition) is 4. The average molecular weight is 430 g/mol. The summed E-state index contributed by atoms with van der Waals surface area (Å²) in [4.78, 5) is 15.4. The molecular weight excluding hydrogens is 398 g/mol. The second-order valence-electron chi connectivity index (χ2n) is 8.36. The van der Waals surface area contributed by atoms with Crippen molar-refractivity contribution in [1.82, 2.24) is 14.5 Å². The summed E-state index contributed by atoms with van der Waals surface area (Å²) in [6.07, 6.45) is 3.47. The number of benzene rings is 2. The van der Waals surface area contributed by atoms with Crippen LogP contribution >= 0.6 is 0 Å². The Kier molecular flexibility index (Phi) is 6.41. The molecule has 30 heavy (non-hydrogen) atoms. The van der Waals surface area contributed by atoms with Crippen LogP contribution < -0.4 is 5.32 Å². The third kappa shape index (κ3) is 4.38. The topological polar surface area (TPSA) is 69.7 Å². The lowest BCUT2D eigenvalue weighted by Crippen LogP contribution is -2.45. The second kappa shape index (κ2) is 9.04. The highest BCUT2D eigenvalue weighted by molar-refractivity contribution is 7.89. The first-order valence-electron chi connectivity index (χ1n) is 11.0. The Morgan fingerprint density at radius 2 is 1.77 bits per heavy atom. The van der Waals surface area contributed by atoms with Crippen LogP contribution in [-0.2, 0) is 14.8 Å². The van der Waals surface area contributed by atoms with Gasteiger partial charge in [-0.3, -0.25) is 9.69 Å². The summed E-state index contributed by atoms with van der Waals surface area (Å²) in [6, 6.07) is 13.5.